The van der Waals surface area contributed by atoms with Gasteiger partial charge in [0.1, 0.15) is 5.03 Å². The molecule has 7 heteroatoms. The topological polar surface area (TPSA) is 76.9 Å². The van der Waals surface area contributed by atoms with Crippen LogP contribution in [0.3, 0.4) is 0 Å². The van der Waals surface area contributed by atoms with Crippen molar-refractivity contribution in [2.75, 3.05) is 11.1 Å². The Bertz CT molecular complexity index is 1360. The normalized spacial score (nSPS) is 13.0. The average Bonchev–Trinajstić information content (AvgIpc) is 2.85. The standard InChI is InChI=1S/C26H24N4O2S/c31-24(28-22-13-7-9-18-8-1-2-11-20(18)22)17-33-25-21-12-3-4-14-23(21)30(26(32)29-25)16-19-10-5-6-15-27-19/h1-2,5-11,13,15H,3-4,12,14,16-17H2,(H,28,31). The summed E-state index contributed by atoms with van der Waals surface area (Å²) in [5.74, 6) is 0.0900. The fourth-order valence-corrected chi connectivity index (χ4v) is 5.22. The maximum atomic E-state index is 12.9. The van der Waals surface area contributed by atoms with Crippen LogP contribution in [0, 0.1) is 0 Å². The van der Waals surface area contributed by atoms with Gasteiger partial charge in [0.25, 0.3) is 0 Å². The van der Waals surface area contributed by atoms with Crippen molar-refractivity contribution in [1.82, 2.24) is 14.5 Å². The van der Waals surface area contributed by atoms with Gasteiger partial charge in [-0.05, 0) is 49.3 Å². The molecule has 2 aromatic heterocycles. The van der Waals surface area contributed by atoms with Gasteiger partial charge in [-0.3, -0.25) is 14.3 Å². The summed E-state index contributed by atoms with van der Waals surface area (Å²) in [6.45, 7) is 0.418. The first kappa shape index (κ1) is 21.4. The van der Waals surface area contributed by atoms with Crippen molar-refractivity contribution in [2.45, 2.75) is 37.3 Å². The van der Waals surface area contributed by atoms with E-state index < -0.39 is 0 Å². The molecular weight excluding hydrogens is 432 g/mol. The second-order valence-corrected chi connectivity index (χ2v) is 9.07. The van der Waals surface area contributed by atoms with E-state index in [1.807, 2.05) is 60.7 Å². The van der Waals surface area contributed by atoms with Crippen LogP contribution in [0.4, 0.5) is 5.69 Å². The molecule has 1 aliphatic carbocycles. The number of nitrogens with one attached hydrogen (secondary N) is 1. The summed E-state index contributed by atoms with van der Waals surface area (Å²) in [6.07, 6.45) is 5.56. The van der Waals surface area contributed by atoms with Crippen LogP contribution >= 0.6 is 11.8 Å². The Labute approximate surface area is 196 Å². The van der Waals surface area contributed by atoms with Gasteiger partial charge in [0, 0.05) is 28.5 Å². The maximum absolute atomic E-state index is 12.9. The molecule has 0 fully saturated rings. The number of anilines is 1. The van der Waals surface area contributed by atoms with Gasteiger partial charge in [0.05, 0.1) is 18.0 Å². The molecule has 5 rings (SSSR count). The Morgan fingerprint density at radius 1 is 1.00 bits per heavy atom. The van der Waals surface area contributed by atoms with Gasteiger partial charge >= 0.3 is 5.69 Å². The van der Waals surface area contributed by atoms with E-state index in [1.54, 1.807) is 10.8 Å². The molecule has 6 nitrogen and oxygen atoms in total. The minimum absolute atomic E-state index is 0.111. The quantitative estimate of drug-likeness (QED) is 0.343. The van der Waals surface area contributed by atoms with E-state index in [9.17, 15) is 9.59 Å². The van der Waals surface area contributed by atoms with Crippen LogP contribution in [-0.2, 0) is 24.2 Å². The lowest BCUT2D eigenvalue weighted by atomic mass is 9.97. The molecule has 0 bridgehead atoms. The smallest absolute Gasteiger partial charge is 0.325 e. The lowest BCUT2D eigenvalue weighted by Crippen LogP contribution is -2.31. The van der Waals surface area contributed by atoms with Gasteiger partial charge in [-0.15, -0.1) is 0 Å². The van der Waals surface area contributed by atoms with Crippen LogP contribution < -0.4 is 11.0 Å². The lowest BCUT2D eigenvalue weighted by molar-refractivity contribution is -0.113. The number of nitrogens with zero attached hydrogens (tertiary/aromatic N) is 3. The van der Waals surface area contributed by atoms with Crippen LogP contribution in [0.15, 0.2) is 76.7 Å². The van der Waals surface area contributed by atoms with Gasteiger partial charge < -0.3 is 5.32 Å². The van der Waals surface area contributed by atoms with Crippen molar-refractivity contribution in [3.8, 4) is 0 Å². The number of carbonyl (C=O) groups is 1. The summed E-state index contributed by atoms with van der Waals surface area (Å²) in [6, 6.07) is 19.5. The predicted molar refractivity (Wildman–Crippen MR) is 132 cm³/mol. The number of amides is 1. The molecule has 1 N–H and O–H groups in total. The van der Waals surface area contributed by atoms with Crippen LogP contribution in [0.1, 0.15) is 29.8 Å². The molecule has 166 valence electrons. The first-order valence-electron chi connectivity index (χ1n) is 11.1. The van der Waals surface area contributed by atoms with Crippen molar-refractivity contribution in [2.24, 2.45) is 0 Å². The van der Waals surface area contributed by atoms with Crippen LogP contribution in [-0.4, -0.2) is 26.2 Å². The summed E-state index contributed by atoms with van der Waals surface area (Å²) in [7, 11) is 0. The number of hydrogen-bond acceptors (Lipinski definition) is 5. The van der Waals surface area contributed by atoms with Crippen LogP contribution in [0.5, 0.6) is 0 Å². The highest BCUT2D eigenvalue weighted by atomic mass is 32.2. The van der Waals surface area contributed by atoms with Gasteiger partial charge in [-0.2, -0.15) is 4.98 Å². The van der Waals surface area contributed by atoms with E-state index in [0.29, 0.717) is 11.6 Å². The summed E-state index contributed by atoms with van der Waals surface area (Å²) >= 11 is 1.34. The van der Waals surface area contributed by atoms with Crippen LogP contribution in [0.2, 0.25) is 0 Å². The number of pyridine rings is 1. The molecule has 4 aromatic rings. The molecule has 33 heavy (non-hydrogen) atoms. The minimum Gasteiger partial charge on any atom is -0.325 e. The van der Waals surface area contributed by atoms with E-state index >= 15 is 0 Å². The molecule has 0 spiro atoms. The van der Waals surface area contributed by atoms with Crippen molar-refractivity contribution < 1.29 is 4.79 Å². The Balaban J connectivity index is 1.36. The summed E-state index contributed by atoms with van der Waals surface area (Å²) in [4.78, 5) is 34.4. The molecule has 2 heterocycles. The first-order valence-corrected chi connectivity index (χ1v) is 12.1. The monoisotopic (exact) mass is 456 g/mol. The summed E-state index contributed by atoms with van der Waals surface area (Å²) < 4.78 is 1.75. The number of rotatable bonds is 6. The highest BCUT2D eigenvalue weighted by Crippen LogP contribution is 2.29. The molecule has 0 saturated carbocycles. The molecule has 0 aliphatic heterocycles. The van der Waals surface area contributed by atoms with Gasteiger partial charge in [0.15, 0.2) is 0 Å². The summed E-state index contributed by atoms with van der Waals surface area (Å²) in [5, 5.41) is 5.78. The van der Waals surface area contributed by atoms with Gasteiger partial charge in [-0.1, -0.05) is 54.2 Å². The van der Waals surface area contributed by atoms with Gasteiger partial charge in [-0.25, -0.2) is 4.79 Å². The maximum Gasteiger partial charge on any atom is 0.349 e. The fourth-order valence-electron chi connectivity index (χ4n) is 4.34. The fraction of sp³-hybridized carbons (Fsp3) is 0.231. The zero-order valence-corrected chi connectivity index (χ0v) is 19.0. The minimum atomic E-state index is -0.279. The Kier molecular flexibility index (Phi) is 6.21. The number of hydrogen-bond donors (Lipinski definition) is 1. The second kappa shape index (κ2) is 9.58. The molecule has 1 aliphatic rings. The number of aromatic nitrogens is 3. The zero-order valence-electron chi connectivity index (χ0n) is 18.2. The Morgan fingerprint density at radius 3 is 2.70 bits per heavy atom. The average molecular weight is 457 g/mol. The number of carbonyl (C=O) groups excluding carboxylic acids is 1. The van der Waals surface area contributed by atoms with Crippen molar-refractivity contribution in [3.63, 3.8) is 0 Å². The largest absolute Gasteiger partial charge is 0.349 e. The molecule has 0 radical (unpaired) electrons. The molecule has 2 aromatic carbocycles. The third-order valence-corrected chi connectivity index (χ3v) is 6.92. The van der Waals surface area contributed by atoms with E-state index in [4.69, 9.17) is 0 Å². The molecule has 0 unspecified atom stereocenters. The number of fused-ring (bicyclic) bond motifs is 2. The summed E-state index contributed by atoms with van der Waals surface area (Å²) in [5.41, 5.74) is 3.48. The molecular formula is C26H24N4O2S. The van der Waals surface area contributed by atoms with E-state index in [0.717, 1.165) is 59.1 Å². The number of benzene rings is 2. The molecule has 0 saturated heterocycles. The molecule has 0 atom stereocenters. The van der Waals surface area contributed by atoms with Crippen LogP contribution in [0.25, 0.3) is 10.8 Å². The SMILES string of the molecule is O=C(CSc1nc(=O)n(Cc2ccccn2)c2c1CCCC2)Nc1cccc2ccccc12. The lowest BCUT2D eigenvalue weighted by Gasteiger charge is -2.22. The van der Waals surface area contributed by atoms with Crippen molar-refractivity contribution in [1.29, 1.82) is 0 Å². The highest BCUT2D eigenvalue weighted by Gasteiger charge is 2.21. The first-order chi connectivity index (χ1) is 16.2. The van der Waals surface area contributed by atoms with E-state index in [2.05, 4.69) is 15.3 Å². The molecule has 1 amide bonds. The highest BCUT2D eigenvalue weighted by molar-refractivity contribution is 8.00. The second-order valence-electron chi connectivity index (χ2n) is 8.10. The van der Waals surface area contributed by atoms with E-state index in [-0.39, 0.29) is 17.3 Å². The van der Waals surface area contributed by atoms with Crippen molar-refractivity contribution >= 4 is 34.1 Å². The Hall–Kier alpha value is -3.45. The van der Waals surface area contributed by atoms with Gasteiger partial charge in [0.2, 0.25) is 5.91 Å². The van der Waals surface area contributed by atoms with Crippen molar-refractivity contribution in [3.05, 3.63) is 94.3 Å². The zero-order chi connectivity index (χ0) is 22.6. The third kappa shape index (κ3) is 4.68. The third-order valence-electron chi connectivity index (χ3n) is 5.90. The van der Waals surface area contributed by atoms with E-state index in [1.165, 1.54) is 11.8 Å². The predicted octanol–water partition coefficient (Wildman–Crippen LogP) is 4.45. The Morgan fingerprint density at radius 2 is 1.82 bits per heavy atom. The number of thioether (sulfide) groups is 1.